The minimum atomic E-state index is -3.72. The highest BCUT2D eigenvalue weighted by molar-refractivity contribution is 6.21. The van der Waals surface area contributed by atoms with Gasteiger partial charge in [0.1, 0.15) is 11.6 Å². The number of amides is 1. The lowest BCUT2D eigenvalue weighted by molar-refractivity contribution is -0.126. The quantitative estimate of drug-likeness (QED) is 0.833. The van der Waals surface area contributed by atoms with E-state index in [0.717, 1.165) is 5.82 Å². The third-order valence-electron chi connectivity index (χ3n) is 3.47. The van der Waals surface area contributed by atoms with Crippen molar-refractivity contribution < 1.29 is 18.1 Å². The van der Waals surface area contributed by atoms with Gasteiger partial charge in [-0.3, -0.25) is 4.79 Å². The van der Waals surface area contributed by atoms with E-state index in [9.17, 15) is 13.6 Å². The number of nitrogens with one attached hydrogen (secondary N) is 1. The van der Waals surface area contributed by atoms with Crippen LogP contribution in [-0.2, 0) is 29.7 Å². The van der Waals surface area contributed by atoms with Crippen LogP contribution in [0.5, 0.6) is 0 Å². The Balaban J connectivity index is 1.57. The number of hydrogen-bond acceptors (Lipinski definition) is 6. The maximum Gasteiger partial charge on any atom is 0.400 e. The van der Waals surface area contributed by atoms with Crippen LogP contribution in [0.3, 0.4) is 0 Å². The number of aryl methyl sites for hydroxylation is 2. The molecule has 1 atom stereocenters. The van der Waals surface area contributed by atoms with E-state index >= 15 is 0 Å². The van der Waals surface area contributed by atoms with E-state index in [0.29, 0.717) is 25.2 Å². The van der Waals surface area contributed by atoms with Crippen LogP contribution in [0.2, 0.25) is 0 Å². The van der Waals surface area contributed by atoms with Crippen molar-refractivity contribution in [2.24, 2.45) is 5.92 Å². The van der Waals surface area contributed by atoms with Gasteiger partial charge >= 0.3 is 11.3 Å². The highest BCUT2D eigenvalue weighted by Crippen LogP contribution is 2.30. The second-order valence-corrected chi connectivity index (χ2v) is 5.70. The van der Waals surface area contributed by atoms with Gasteiger partial charge < -0.3 is 9.84 Å². The molecule has 124 valence electrons. The summed E-state index contributed by atoms with van der Waals surface area (Å²) in [6.07, 6.45) is 1.30. The van der Waals surface area contributed by atoms with Crippen molar-refractivity contribution in [2.45, 2.75) is 38.2 Å². The average molecular weight is 347 g/mol. The normalized spacial score (nSPS) is 17.8. The number of alkyl halides is 3. The number of carbonyl (C=O) groups is 1. The lowest BCUT2D eigenvalue weighted by atomic mass is 9.99. The van der Waals surface area contributed by atoms with Gasteiger partial charge in [0.05, 0.1) is 19.0 Å². The topological polar surface area (TPSA) is 98.7 Å². The number of hydrogen-bond donors (Lipinski definition) is 1. The average Bonchev–Trinajstić information content (AvgIpc) is 3.08. The first kappa shape index (κ1) is 15.8. The maximum absolute atomic E-state index is 12.8. The lowest BCUT2D eigenvalue weighted by Crippen LogP contribution is -2.36. The molecule has 3 heterocycles. The van der Waals surface area contributed by atoms with Gasteiger partial charge in [0.15, 0.2) is 5.82 Å². The summed E-state index contributed by atoms with van der Waals surface area (Å²) in [6.45, 7) is 2.11. The Labute approximate surface area is 134 Å². The molecule has 0 saturated heterocycles. The van der Waals surface area contributed by atoms with Gasteiger partial charge in [0.2, 0.25) is 5.91 Å². The van der Waals surface area contributed by atoms with Gasteiger partial charge in [0, 0.05) is 6.42 Å². The fourth-order valence-corrected chi connectivity index (χ4v) is 2.48. The van der Waals surface area contributed by atoms with E-state index in [-0.39, 0.29) is 24.2 Å². The number of nitrogens with zero attached hydrogens (tertiary/aromatic N) is 5. The molecular formula is C12H13ClF2N6O2. The van der Waals surface area contributed by atoms with Gasteiger partial charge in [-0.15, -0.1) is 0 Å². The predicted octanol–water partition coefficient (Wildman–Crippen LogP) is 1.14. The first-order chi connectivity index (χ1) is 10.8. The second kappa shape index (κ2) is 5.84. The largest absolute Gasteiger partial charge is 0.400 e. The molecule has 0 saturated carbocycles. The number of fused-ring (bicyclic) bond motifs is 1. The van der Waals surface area contributed by atoms with E-state index in [1.165, 1.54) is 0 Å². The van der Waals surface area contributed by atoms with Crippen molar-refractivity contribution in [3.63, 3.8) is 0 Å². The summed E-state index contributed by atoms with van der Waals surface area (Å²) >= 11 is 4.77. The van der Waals surface area contributed by atoms with E-state index in [4.69, 9.17) is 11.6 Å². The summed E-state index contributed by atoms with van der Waals surface area (Å²) in [5.74, 6) is -0.0381. The smallest absolute Gasteiger partial charge is 0.348 e. The Morgan fingerprint density at radius 1 is 1.52 bits per heavy atom. The van der Waals surface area contributed by atoms with Gasteiger partial charge in [0.25, 0.3) is 0 Å². The van der Waals surface area contributed by atoms with Crippen molar-refractivity contribution in [3.8, 4) is 0 Å². The Morgan fingerprint density at radius 2 is 2.30 bits per heavy atom. The van der Waals surface area contributed by atoms with E-state index in [1.807, 2.05) is 0 Å². The fourth-order valence-electron chi connectivity index (χ4n) is 2.40. The highest BCUT2D eigenvalue weighted by Gasteiger charge is 2.35. The predicted molar refractivity (Wildman–Crippen MR) is 72.5 cm³/mol. The molecule has 11 heteroatoms. The summed E-state index contributed by atoms with van der Waals surface area (Å²) in [7, 11) is 0. The van der Waals surface area contributed by atoms with Gasteiger partial charge in [-0.1, -0.05) is 5.16 Å². The summed E-state index contributed by atoms with van der Waals surface area (Å²) < 4.78 is 31.6. The van der Waals surface area contributed by atoms with E-state index in [2.05, 4.69) is 30.1 Å². The molecule has 0 aromatic carbocycles. The molecule has 0 radical (unpaired) electrons. The molecule has 0 aliphatic carbocycles. The summed E-state index contributed by atoms with van der Waals surface area (Å²) in [5, 5.41) is 6.44. The van der Waals surface area contributed by atoms with Gasteiger partial charge in [-0.05, 0) is 24.9 Å². The van der Waals surface area contributed by atoms with Crippen molar-refractivity contribution in [1.29, 1.82) is 0 Å². The van der Waals surface area contributed by atoms with Crippen LogP contribution in [0.25, 0.3) is 0 Å². The SMILES string of the molecule is Cc1nc2n(n1)CC(C(=O)NCc1noc(C(F)(F)Cl)n1)CC2. The molecule has 0 spiro atoms. The number of carbonyl (C=O) groups excluding carboxylic acids is 1. The molecule has 2 aromatic rings. The highest BCUT2D eigenvalue weighted by atomic mass is 35.5. The van der Waals surface area contributed by atoms with Crippen LogP contribution < -0.4 is 5.32 Å². The number of rotatable bonds is 4. The third-order valence-corrected chi connectivity index (χ3v) is 3.63. The molecule has 3 rings (SSSR count). The summed E-state index contributed by atoms with van der Waals surface area (Å²) in [4.78, 5) is 19.9. The van der Waals surface area contributed by atoms with Crippen molar-refractivity contribution in [2.75, 3.05) is 0 Å². The first-order valence-electron chi connectivity index (χ1n) is 6.91. The van der Waals surface area contributed by atoms with Crippen LogP contribution in [0.15, 0.2) is 4.52 Å². The zero-order valence-electron chi connectivity index (χ0n) is 12.1. The van der Waals surface area contributed by atoms with Crippen LogP contribution in [0, 0.1) is 12.8 Å². The molecule has 0 bridgehead atoms. The third kappa shape index (κ3) is 3.46. The fraction of sp³-hybridized carbons (Fsp3) is 0.583. The minimum absolute atomic E-state index is 0.0678. The molecule has 23 heavy (non-hydrogen) atoms. The van der Waals surface area contributed by atoms with Crippen molar-refractivity contribution >= 4 is 17.5 Å². The van der Waals surface area contributed by atoms with Crippen LogP contribution >= 0.6 is 11.6 Å². The molecule has 1 amide bonds. The number of aromatic nitrogens is 5. The van der Waals surface area contributed by atoms with Gasteiger partial charge in [-0.25, -0.2) is 9.67 Å². The molecule has 1 N–H and O–H groups in total. The van der Waals surface area contributed by atoms with Crippen LogP contribution in [0.1, 0.15) is 29.8 Å². The standard InChI is InChI=1S/C12H13ClF2N6O2/c1-6-17-9-3-2-7(5-21(9)19-6)10(22)16-4-8-18-11(23-20-8)12(13,14)15/h7H,2-5H2,1H3,(H,16,22). The van der Waals surface area contributed by atoms with Crippen molar-refractivity contribution in [3.05, 3.63) is 23.4 Å². The maximum atomic E-state index is 12.8. The number of halogens is 3. The Bertz CT molecular complexity index is 725. The molecule has 8 nitrogen and oxygen atoms in total. The monoisotopic (exact) mass is 346 g/mol. The molecule has 2 aromatic heterocycles. The second-order valence-electron chi connectivity index (χ2n) is 5.22. The molecule has 1 aliphatic rings. The molecule has 1 unspecified atom stereocenters. The molecular weight excluding hydrogens is 334 g/mol. The zero-order chi connectivity index (χ0) is 16.6. The van der Waals surface area contributed by atoms with Crippen LogP contribution in [0.4, 0.5) is 8.78 Å². The molecule has 0 fully saturated rings. The zero-order valence-corrected chi connectivity index (χ0v) is 12.8. The first-order valence-corrected chi connectivity index (χ1v) is 7.28. The minimum Gasteiger partial charge on any atom is -0.348 e. The van der Waals surface area contributed by atoms with Crippen molar-refractivity contribution in [1.82, 2.24) is 30.2 Å². The van der Waals surface area contributed by atoms with Crippen LogP contribution in [-0.4, -0.2) is 30.8 Å². The Kier molecular flexibility index (Phi) is 4.00. The lowest BCUT2D eigenvalue weighted by Gasteiger charge is -2.21. The van der Waals surface area contributed by atoms with E-state index < -0.39 is 11.3 Å². The summed E-state index contributed by atoms with van der Waals surface area (Å²) in [5.41, 5.74) is 0. The molecule has 1 aliphatic heterocycles. The Hall–Kier alpha value is -2.10. The Morgan fingerprint density at radius 3 is 3.00 bits per heavy atom. The van der Waals surface area contributed by atoms with Gasteiger partial charge in [-0.2, -0.15) is 18.9 Å². The van der Waals surface area contributed by atoms with E-state index in [1.54, 1.807) is 11.6 Å². The summed E-state index contributed by atoms with van der Waals surface area (Å²) in [6, 6.07) is 0.